The van der Waals surface area contributed by atoms with Crippen LogP contribution in [0.4, 0.5) is 0 Å². The second kappa shape index (κ2) is 6.37. The molecule has 2 atom stereocenters. The number of rotatable bonds is 3. The summed E-state index contributed by atoms with van der Waals surface area (Å²) in [6, 6.07) is 8.76. The van der Waals surface area contributed by atoms with Gasteiger partial charge in [0.25, 0.3) is 0 Å². The van der Waals surface area contributed by atoms with Crippen molar-refractivity contribution in [1.29, 1.82) is 0 Å². The van der Waals surface area contributed by atoms with Gasteiger partial charge in [-0.05, 0) is 43.5 Å². The maximum absolute atomic E-state index is 12.2. The van der Waals surface area contributed by atoms with Crippen molar-refractivity contribution in [2.45, 2.75) is 37.8 Å². The quantitative estimate of drug-likeness (QED) is 0.774. The fraction of sp³-hybridized carbons (Fsp3) is 0.562. The summed E-state index contributed by atoms with van der Waals surface area (Å²) in [7, 11) is 0. The zero-order valence-electron chi connectivity index (χ0n) is 11.8. The van der Waals surface area contributed by atoms with E-state index in [-0.39, 0.29) is 18.0 Å². The van der Waals surface area contributed by atoms with E-state index in [0.717, 1.165) is 32.4 Å². The highest BCUT2D eigenvalue weighted by Gasteiger charge is 2.23. The van der Waals surface area contributed by atoms with Crippen molar-refractivity contribution in [2.75, 3.05) is 19.6 Å². The molecule has 3 rings (SSSR count). The lowest BCUT2D eigenvalue weighted by atomic mass is 9.94. The highest BCUT2D eigenvalue weighted by molar-refractivity contribution is 5.81. The molecule has 108 valence electrons. The Kier molecular flexibility index (Phi) is 4.33. The molecule has 0 radical (unpaired) electrons. The van der Waals surface area contributed by atoms with Gasteiger partial charge in [0.05, 0.1) is 6.04 Å². The fourth-order valence-electron chi connectivity index (χ4n) is 3.18. The number of hydrogen-bond acceptors (Lipinski definition) is 3. The lowest BCUT2D eigenvalue weighted by molar-refractivity contribution is -0.123. The van der Waals surface area contributed by atoms with Gasteiger partial charge < -0.3 is 16.0 Å². The monoisotopic (exact) mass is 273 g/mol. The Morgan fingerprint density at radius 1 is 1.20 bits per heavy atom. The van der Waals surface area contributed by atoms with Crippen LogP contribution in [0.3, 0.4) is 0 Å². The minimum atomic E-state index is 0.00239. The Bertz CT molecular complexity index is 469. The number of carbonyl (C=O) groups excluding carboxylic acids is 1. The zero-order valence-corrected chi connectivity index (χ0v) is 11.8. The van der Waals surface area contributed by atoms with Crippen LogP contribution in [0.1, 0.15) is 36.4 Å². The molecule has 2 aliphatic rings. The molecular formula is C16H23N3O. The predicted molar refractivity (Wildman–Crippen MR) is 79.5 cm³/mol. The van der Waals surface area contributed by atoms with Crippen molar-refractivity contribution < 1.29 is 4.79 Å². The van der Waals surface area contributed by atoms with Gasteiger partial charge in [0.2, 0.25) is 5.91 Å². The molecule has 2 aliphatic heterocycles. The Morgan fingerprint density at radius 3 is 2.95 bits per heavy atom. The summed E-state index contributed by atoms with van der Waals surface area (Å²) in [5, 5.41) is 9.89. The lowest BCUT2D eigenvalue weighted by Gasteiger charge is -2.28. The van der Waals surface area contributed by atoms with Gasteiger partial charge in [-0.3, -0.25) is 4.79 Å². The Balaban J connectivity index is 1.57. The highest BCUT2D eigenvalue weighted by atomic mass is 16.2. The lowest BCUT2D eigenvalue weighted by Crippen LogP contribution is -2.48. The van der Waals surface area contributed by atoms with Gasteiger partial charge in [0.15, 0.2) is 0 Å². The zero-order chi connectivity index (χ0) is 13.8. The third kappa shape index (κ3) is 3.02. The first-order valence-electron chi connectivity index (χ1n) is 7.67. The van der Waals surface area contributed by atoms with Crippen LogP contribution in [0, 0.1) is 0 Å². The number of piperidine rings is 1. The van der Waals surface area contributed by atoms with Crippen LogP contribution >= 0.6 is 0 Å². The van der Waals surface area contributed by atoms with E-state index in [1.807, 2.05) is 0 Å². The van der Waals surface area contributed by atoms with Gasteiger partial charge in [-0.2, -0.15) is 0 Å². The second-order valence-electron chi connectivity index (χ2n) is 5.70. The van der Waals surface area contributed by atoms with Crippen molar-refractivity contribution in [3.63, 3.8) is 0 Å². The normalized spacial score (nSPS) is 25.8. The molecule has 1 saturated heterocycles. The maximum Gasteiger partial charge on any atom is 0.237 e. The first-order valence-corrected chi connectivity index (χ1v) is 7.67. The average molecular weight is 273 g/mol. The van der Waals surface area contributed by atoms with Gasteiger partial charge in [0, 0.05) is 12.6 Å². The van der Waals surface area contributed by atoms with Gasteiger partial charge in [-0.25, -0.2) is 0 Å². The maximum atomic E-state index is 12.2. The smallest absolute Gasteiger partial charge is 0.237 e. The molecular weight excluding hydrogens is 250 g/mol. The van der Waals surface area contributed by atoms with E-state index in [4.69, 9.17) is 0 Å². The number of hydrogen-bond donors (Lipinski definition) is 3. The van der Waals surface area contributed by atoms with Crippen LogP contribution in [-0.4, -0.2) is 31.6 Å². The van der Waals surface area contributed by atoms with Gasteiger partial charge in [-0.15, -0.1) is 0 Å². The van der Waals surface area contributed by atoms with E-state index in [1.54, 1.807) is 0 Å². The van der Waals surface area contributed by atoms with E-state index in [1.165, 1.54) is 17.5 Å². The van der Waals surface area contributed by atoms with Crippen LogP contribution in [-0.2, 0) is 11.2 Å². The molecule has 1 fully saturated rings. The second-order valence-corrected chi connectivity index (χ2v) is 5.70. The van der Waals surface area contributed by atoms with Crippen molar-refractivity contribution in [1.82, 2.24) is 16.0 Å². The van der Waals surface area contributed by atoms with Gasteiger partial charge >= 0.3 is 0 Å². The molecule has 0 spiro atoms. The van der Waals surface area contributed by atoms with E-state index in [9.17, 15) is 4.79 Å². The topological polar surface area (TPSA) is 53.2 Å². The van der Waals surface area contributed by atoms with Crippen molar-refractivity contribution in [3.8, 4) is 0 Å². The minimum absolute atomic E-state index is 0.00239. The number of benzene rings is 1. The summed E-state index contributed by atoms with van der Waals surface area (Å²) >= 11 is 0. The summed E-state index contributed by atoms with van der Waals surface area (Å²) in [5.41, 5.74) is 2.73. The summed E-state index contributed by atoms with van der Waals surface area (Å²) in [4.78, 5) is 12.2. The van der Waals surface area contributed by atoms with Crippen molar-refractivity contribution in [2.24, 2.45) is 0 Å². The number of carbonyl (C=O) groups is 1. The van der Waals surface area contributed by atoms with E-state index in [0.29, 0.717) is 6.54 Å². The predicted octanol–water partition coefficient (Wildman–Crippen LogP) is 1.13. The molecule has 3 N–H and O–H groups in total. The highest BCUT2D eigenvalue weighted by Crippen LogP contribution is 2.21. The Hall–Kier alpha value is -1.39. The molecule has 1 aromatic rings. The van der Waals surface area contributed by atoms with Crippen LogP contribution in [0.5, 0.6) is 0 Å². The molecule has 2 heterocycles. The molecule has 0 aromatic heterocycles. The standard InChI is InChI=1S/C16H23N3O/c20-16(14-7-3-4-9-17-14)19-11-15-13-6-2-1-5-12(13)8-10-18-15/h1-2,5-6,14-15,17-18H,3-4,7-11H2,(H,19,20)/t14-,15?/m1/s1. The van der Waals surface area contributed by atoms with Gasteiger partial charge in [0.1, 0.15) is 0 Å². The van der Waals surface area contributed by atoms with Gasteiger partial charge in [-0.1, -0.05) is 30.7 Å². The van der Waals surface area contributed by atoms with Crippen molar-refractivity contribution in [3.05, 3.63) is 35.4 Å². The van der Waals surface area contributed by atoms with Crippen LogP contribution in [0.25, 0.3) is 0 Å². The molecule has 4 heteroatoms. The third-order valence-electron chi connectivity index (χ3n) is 4.32. The molecule has 4 nitrogen and oxygen atoms in total. The first kappa shape index (κ1) is 13.6. The Morgan fingerprint density at radius 2 is 2.10 bits per heavy atom. The summed E-state index contributed by atoms with van der Waals surface area (Å²) in [6.07, 6.45) is 4.36. The summed E-state index contributed by atoms with van der Waals surface area (Å²) < 4.78 is 0. The molecule has 1 unspecified atom stereocenters. The number of fused-ring (bicyclic) bond motifs is 1. The third-order valence-corrected chi connectivity index (χ3v) is 4.32. The van der Waals surface area contributed by atoms with Crippen molar-refractivity contribution >= 4 is 5.91 Å². The van der Waals surface area contributed by atoms with E-state index >= 15 is 0 Å². The molecule has 1 amide bonds. The summed E-state index contributed by atoms with van der Waals surface area (Å²) in [5.74, 6) is 0.148. The average Bonchev–Trinajstić information content (AvgIpc) is 2.53. The SMILES string of the molecule is O=C(NCC1NCCc2ccccc21)[C@H]1CCCCN1. The molecule has 1 aromatic carbocycles. The van der Waals surface area contributed by atoms with Crippen LogP contribution < -0.4 is 16.0 Å². The van der Waals surface area contributed by atoms with E-state index < -0.39 is 0 Å². The number of nitrogens with one attached hydrogen (secondary N) is 3. The first-order chi connectivity index (χ1) is 9.84. The Labute approximate surface area is 120 Å². The molecule has 0 bridgehead atoms. The van der Waals surface area contributed by atoms with E-state index in [2.05, 4.69) is 40.2 Å². The van der Waals surface area contributed by atoms with Crippen LogP contribution in [0.15, 0.2) is 24.3 Å². The summed E-state index contributed by atoms with van der Waals surface area (Å²) in [6.45, 7) is 2.62. The van der Waals surface area contributed by atoms with Crippen LogP contribution in [0.2, 0.25) is 0 Å². The molecule has 0 aliphatic carbocycles. The minimum Gasteiger partial charge on any atom is -0.353 e. The molecule has 0 saturated carbocycles. The largest absolute Gasteiger partial charge is 0.353 e. The fourth-order valence-corrected chi connectivity index (χ4v) is 3.18. The number of amides is 1. The molecule has 20 heavy (non-hydrogen) atoms.